The molecule has 1 N–H and O–H groups in total. The second-order valence-corrected chi connectivity index (χ2v) is 9.78. The first-order valence-electron chi connectivity index (χ1n) is 11.2. The van der Waals surface area contributed by atoms with Crippen molar-refractivity contribution in [2.24, 2.45) is 5.92 Å². The number of aliphatic hydroxyl groups is 1. The van der Waals surface area contributed by atoms with E-state index in [0.717, 1.165) is 35.1 Å². The van der Waals surface area contributed by atoms with E-state index in [0.29, 0.717) is 16.7 Å². The fraction of sp³-hybridized carbons (Fsp3) is 0.370. The molecule has 1 heterocycles. The molecule has 0 spiro atoms. The maximum atomic E-state index is 9.81. The Balaban J connectivity index is 0.000000360. The van der Waals surface area contributed by atoms with E-state index in [9.17, 15) is 5.11 Å². The Labute approximate surface area is 244 Å². The molecular weight excluding hydrogens is 562 g/mol. The van der Waals surface area contributed by atoms with E-state index < -0.39 is 6.10 Å². The molecule has 183 valence electrons. The molecular formula is C27H34Cl2NO2SY-. The largest absolute Gasteiger partial charge is 0.493 e. The summed E-state index contributed by atoms with van der Waals surface area (Å²) in [5.74, 6) is 1.59. The number of benzene rings is 1. The molecule has 0 bridgehead atoms. The molecule has 1 radical (unpaired) electrons. The zero-order valence-electron chi connectivity index (χ0n) is 20.2. The van der Waals surface area contributed by atoms with Crippen LogP contribution >= 0.6 is 34.5 Å². The van der Waals surface area contributed by atoms with Crippen molar-refractivity contribution in [3.63, 3.8) is 0 Å². The Morgan fingerprint density at radius 3 is 2.68 bits per heavy atom. The average Bonchev–Trinajstić information content (AvgIpc) is 3.46. The van der Waals surface area contributed by atoms with Gasteiger partial charge in [-0.05, 0) is 56.5 Å². The van der Waals surface area contributed by atoms with Crippen LogP contribution in [-0.4, -0.2) is 30.2 Å². The van der Waals surface area contributed by atoms with Gasteiger partial charge >= 0.3 is 0 Å². The molecule has 1 unspecified atom stereocenters. The molecule has 0 saturated heterocycles. The summed E-state index contributed by atoms with van der Waals surface area (Å²) in [6, 6.07) is 9.23. The smallest absolute Gasteiger partial charge is 0.120 e. The van der Waals surface area contributed by atoms with Gasteiger partial charge in [-0.2, -0.15) is 0 Å². The van der Waals surface area contributed by atoms with Crippen molar-refractivity contribution < 1.29 is 42.6 Å². The molecule has 3 nitrogen and oxygen atoms in total. The summed E-state index contributed by atoms with van der Waals surface area (Å²) >= 11 is 13.4. The fourth-order valence-electron chi connectivity index (χ4n) is 2.80. The number of hydrogen-bond acceptors (Lipinski definition) is 4. The van der Waals surface area contributed by atoms with Crippen molar-refractivity contribution in [2.75, 3.05) is 20.2 Å². The molecule has 2 aromatic rings. The average molecular weight is 596 g/mol. The minimum absolute atomic E-state index is 0. The Hall–Kier alpha value is -0.746. The number of halogens is 2. The predicted octanol–water partition coefficient (Wildman–Crippen LogP) is 8.12. The second kappa shape index (κ2) is 17.6. The topological polar surface area (TPSA) is 32.7 Å². The number of ether oxygens (including phenoxy) is 1. The SMILES string of the molecule is C/C=C\C=C(/C)C(O)c1cccs1.CN(/C=C/[CH-]C1CC1)CCCOc1ccc(Cl)c(Cl)c1.[Y]. The van der Waals surface area contributed by atoms with Gasteiger partial charge in [0.2, 0.25) is 0 Å². The molecule has 0 amide bonds. The number of allylic oxidation sites excluding steroid dienone is 4. The first kappa shape index (κ1) is 31.3. The van der Waals surface area contributed by atoms with Gasteiger partial charge in [0.15, 0.2) is 0 Å². The van der Waals surface area contributed by atoms with E-state index in [1.807, 2.05) is 55.7 Å². The molecule has 7 heteroatoms. The molecule has 0 aliphatic heterocycles. The maximum absolute atomic E-state index is 9.81. The summed E-state index contributed by atoms with van der Waals surface area (Å²) in [6.45, 7) is 5.53. The second-order valence-electron chi connectivity index (χ2n) is 7.98. The Morgan fingerprint density at radius 2 is 2.06 bits per heavy atom. The summed E-state index contributed by atoms with van der Waals surface area (Å²) in [5, 5.41) is 12.9. The molecule has 1 fully saturated rings. The quantitative estimate of drug-likeness (QED) is 0.162. The zero-order valence-corrected chi connectivity index (χ0v) is 25.3. The number of thiophene rings is 1. The van der Waals surface area contributed by atoms with Crippen molar-refractivity contribution in [3.05, 3.63) is 93.1 Å². The third-order valence-electron chi connectivity index (χ3n) is 4.96. The predicted molar refractivity (Wildman–Crippen MR) is 143 cm³/mol. The van der Waals surface area contributed by atoms with Crippen LogP contribution in [0.15, 0.2) is 71.8 Å². The Kier molecular flexibility index (Phi) is 16.2. The van der Waals surface area contributed by atoms with Crippen LogP contribution in [0.5, 0.6) is 5.75 Å². The van der Waals surface area contributed by atoms with Crippen LogP contribution in [0.4, 0.5) is 0 Å². The Morgan fingerprint density at radius 1 is 1.29 bits per heavy atom. The fourth-order valence-corrected chi connectivity index (χ4v) is 3.87. The molecule has 34 heavy (non-hydrogen) atoms. The van der Waals surface area contributed by atoms with Crippen LogP contribution in [0.25, 0.3) is 0 Å². The normalized spacial score (nSPS) is 14.4. The third-order valence-corrected chi connectivity index (χ3v) is 6.62. The minimum atomic E-state index is -0.448. The Bertz CT molecular complexity index is 911. The third kappa shape index (κ3) is 12.8. The first-order chi connectivity index (χ1) is 15.9. The van der Waals surface area contributed by atoms with Gasteiger partial charge < -0.3 is 14.7 Å². The molecule has 1 saturated carbocycles. The van der Waals surface area contributed by atoms with Crippen LogP contribution < -0.4 is 4.74 Å². The van der Waals surface area contributed by atoms with Crippen LogP contribution in [0.1, 0.15) is 44.1 Å². The van der Waals surface area contributed by atoms with Crippen molar-refractivity contribution >= 4 is 34.5 Å². The molecule has 1 aliphatic rings. The van der Waals surface area contributed by atoms with E-state index in [1.54, 1.807) is 23.5 Å². The van der Waals surface area contributed by atoms with Gasteiger partial charge in [0.05, 0.1) is 16.7 Å². The van der Waals surface area contributed by atoms with Gasteiger partial charge in [-0.25, -0.2) is 12.5 Å². The minimum Gasteiger partial charge on any atom is -0.493 e. The zero-order chi connectivity index (χ0) is 24.1. The first-order valence-corrected chi connectivity index (χ1v) is 12.8. The van der Waals surface area contributed by atoms with Gasteiger partial charge in [0, 0.05) is 50.2 Å². The monoisotopic (exact) mass is 595 g/mol. The molecule has 3 rings (SSSR count). The van der Waals surface area contributed by atoms with Gasteiger partial charge in [0.25, 0.3) is 0 Å². The maximum Gasteiger partial charge on any atom is 0.120 e. The van der Waals surface area contributed by atoms with Gasteiger partial charge in [-0.1, -0.05) is 66.3 Å². The number of nitrogens with zero attached hydrogens (tertiary/aromatic N) is 1. The summed E-state index contributed by atoms with van der Waals surface area (Å²) in [6.07, 6.45) is 15.6. The number of aliphatic hydroxyl groups excluding tert-OH is 1. The van der Waals surface area contributed by atoms with E-state index in [4.69, 9.17) is 27.9 Å². The standard InChI is InChI=1S/C16H20Cl2NO.C11H14OS.Y/c1-19(9-2-4-13-5-6-13)10-3-11-20-14-7-8-15(17)16(18)12-14;1-3-4-6-9(2)11(12)10-7-5-8-13-10;/h2,4,7-9,12-13H,3,5-6,10-11H2,1H3;3-8,11-12H,1-2H3;/q-1;;/b9-2+;4-3-,9-6+;. The summed E-state index contributed by atoms with van der Waals surface area (Å²) in [5.41, 5.74) is 0.973. The van der Waals surface area contributed by atoms with Crippen LogP contribution in [0, 0.1) is 12.3 Å². The summed E-state index contributed by atoms with van der Waals surface area (Å²) in [7, 11) is 2.08. The van der Waals surface area contributed by atoms with Gasteiger partial charge in [0.1, 0.15) is 11.9 Å². The van der Waals surface area contributed by atoms with E-state index in [-0.39, 0.29) is 32.7 Å². The molecule has 1 aliphatic carbocycles. The summed E-state index contributed by atoms with van der Waals surface area (Å²) < 4.78 is 5.64. The van der Waals surface area contributed by atoms with Crippen LogP contribution in [0.3, 0.4) is 0 Å². The van der Waals surface area contributed by atoms with Crippen molar-refractivity contribution in [2.45, 2.75) is 39.2 Å². The summed E-state index contributed by atoms with van der Waals surface area (Å²) in [4.78, 5) is 3.18. The van der Waals surface area contributed by atoms with Gasteiger partial charge in [-0.15, -0.1) is 17.5 Å². The van der Waals surface area contributed by atoms with Crippen LogP contribution in [0.2, 0.25) is 10.0 Å². The van der Waals surface area contributed by atoms with Crippen molar-refractivity contribution in [1.29, 1.82) is 0 Å². The van der Waals surface area contributed by atoms with Crippen LogP contribution in [-0.2, 0) is 32.7 Å². The van der Waals surface area contributed by atoms with E-state index in [1.165, 1.54) is 12.8 Å². The number of hydrogen-bond donors (Lipinski definition) is 1. The van der Waals surface area contributed by atoms with Crippen molar-refractivity contribution in [1.82, 2.24) is 4.90 Å². The number of rotatable bonds is 11. The van der Waals surface area contributed by atoms with E-state index >= 15 is 0 Å². The molecule has 1 aromatic carbocycles. The van der Waals surface area contributed by atoms with Crippen molar-refractivity contribution in [3.8, 4) is 5.75 Å². The van der Waals surface area contributed by atoms with Gasteiger partial charge in [-0.3, -0.25) is 0 Å². The molecule has 1 atom stereocenters. The molecule has 1 aromatic heterocycles. The van der Waals surface area contributed by atoms with E-state index in [2.05, 4.69) is 30.6 Å².